The Kier molecular flexibility index (Phi) is 4.85. The predicted octanol–water partition coefficient (Wildman–Crippen LogP) is 3.71. The Morgan fingerprint density at radius 2 is 1.92 bits per heavy atom. The lowest BCUT2D eigenvalue weighted by atomic mass is 10.0. The number of hydrogen-bond acceptors (Lipinski definition) is 5. The third kappa shape index (κ3) is 3.72. The van der Waals surface area contributed by atoms with Gasteiger partial charge in [0, 0.05) is 60.3 Å². The lowest BCUT2D eigenvalue weighted by Crippen LogP contribution is -1.99. The summed E-state index contributed by atoms with van der Waals surface area (Å²) in [6, 6.07) is 11.9. The summed E-state index contributed by atoms with van der Waals surface area (Å²) in [7, 11) is 1.72. The summed E-state index contributed by atoms with van der Waals surface area (Å²) in [4.78, 5) is 12.5. The topological polar surface area (TPSA) is 76.2 Å². The maximum absolute atomic E-state index is 5.70. The van der Waals surface area contributed by atoms with E-state index in [9.17, 15) is 0 Å². The van der Waals surface area contributed by atoms with Crippen molar-refractivity contribution >= 4 is 34.1 Å². The molecule has 0 saturated heterocycles. The van der Waals surface area contributed by atoms with Crippen LogP contribution in [0.1, 0.15) is 11.1 Å². The van der Waals surface area contributed by atoms with Crippen molar-refractivity contribution in [1.29, 1.82) is 0 Å². The first kappa shape index (κ1) is 16.4. The molecule has 0 fully saturated rings. The van der Waals surface area contributed by atoms with E-state index in [4.69, 9.17) is 5.73 Å². The number of rotatable bonds is 5. The molecule has 3 aromatic rings. The van der Waals surface area contributed by atoms with E-state index in [2.05, 4.69) is 32.9 Å². The first-order valence-electron chi connectivity index (χ1n) is 7.82. The Morgan fingerprint density at radius 1 is 1.12 bits per heavy atom. The number of nitrogens with zero attached hydrogens (tertiary/aromatic N) is 3. The highest BCUT2D eigenvalue weighted by Crippen LogP contribution is 2.23. The quantitative estimate of drug-likeness (QED) is 0.700. The van der Waals surface area contributed by atoms with Gasteiger partial charge in [0.15, 0.2) is 0 Å². The minimum Gasteiger partial charge on any atom is -0.404 e. The van der Waals surface area contributed by atoms with E-state index in [-0.39, 0.29) is 0 Å². The van der Waals surface area contributed by atoms with Gasteiger partial charge in [-0.15, -0.1) is 0 Å². The number of hydrogen-bond donors (Lipinski definition) is 2. The number of anilines is 1. The average molecular weight is 329 g/mol. The van der Waals surface area contributed by atoms with E-state index in [0.29, 0.717) is 0 Å². The number of benzene rings is 1. The third-order valence-corrected chi connectivity index (χ3v) is 3.81. The first-order valence-corrected chi connectivity index (χ1v) is 7.82. The van der Waals surface area contributed by atoms with Crippen LogP contribution in [0, 0.1) is 0 Å². The van der Waals surface area contributed by atoms with Crippen molar-refractivity contribution in [2.75, 3.05) is 12.4 Å². The number of aliphatic imine (C=N–C) groups is 1. The van der Waals surface area contributed by atoms with Crippen LogP contribution >= 0.6 is 0 Å². The summed E-state index contributed by atoms with van der Waals surface area (Å²) < 4.78 is 0. The van der Waals surface area contributed by atoms with Crippen molar-refractivity contribution in [1.82, 2.24) is 9.97 Å². The number of pyridine rings is 2. The molecule has 2 heterocycles. The highest BCUT2D eigenvalue weighted by Gasteiger charge is 2.04. The molecule has 0 aliphatic heterocycles. The smallest absolute Gasteiger partial charge is 0.130 e. The minimum atomic E-state index is 0.730. The molecule has 0 saturated carbocycles. The molecule has 0 aliphatic carbocycles. The Balaban J connectivity index is 1.92. The molecule has 0 atom stereocenters. The maximum atomic E-state index is 5.70. The van der Waals surface area contributed by atoms with E-state index in [0.717, 1.165) is 39.0 Å². The summed E-state index contributed by atoms with van der Waals surface area (Å²) in [6.45, 7) is 4.06. The highest BCUT2D eigenvalue weighted by molar-refractivity contribution is 6.10. The molecule has 1 aromatic carbocycles. The van der Waals surface area contributed by atoms with E-state index < -0.39 is 0 Å². The maximum Gasteiger partial charge on any atom is 0.130 e. The lowest BCUT2D eigenvalue weighted by Gasteiger charge is -2.10. The van der Waals surface area contributed by atoms with Crippen LogP contribution in [0.4, 0.5) is 5.82 Å². The van der Waals surface area contributed by atoms with Crippen LogP contribution in [-0.2, 0) is 0 Å². The molecular weight excluding hydrogens is 310 g/mol. The van der Waals surface area contributed by atoms with Gasteiger partial charge in [-0.1, -0.05) is 18.7 Å². The fourth-order valence-electron chi connectivity index (χ4n) is 2.52. The molecule has 25 heavy (non-hydrogen) atoms. The summed E-state index contributed by atoms with van der Waals surface area (Å²) in [6.07, 6.45) is 8.60. The Hall–Kier alpha value is -3.47. The normalized spacial score (nSPS) is 11.8. The number of nitrogens with two attached hydrogens (primary N) is 1. The van der Waals surface area contributed by atoms with Crippen molar-refractivity contribution in [3.05, 3.63) is 78.9 Å². The molecule has 5 nitrogen and oxygen atoms in total. The van der Waals surface area contributed by atoms with E-state index >= 15 is 0 Å². The average Bonchev–Trinajstić information content (AvgIpc) is 2.66. The van der Waals surface area contributed by atoms with E-state index in [1.54, 1.807) is 31.9 Å². The molecule has 0 aliphatic rings. The van der Waals surface area contributed by atoms with Gasteiger partial charge >= 0.3 is 0 Å². The summed E-state index contributed by atoms with van der Waals surface area (Å²) in [5, 5.41) is 5.35. The largest absolute Gasteiger partial charge is 0.404 e. The molecule has 3 N–H and O–H groups in total. The summed E-state index contributed by atoms with van der Waals surface area (Å²) in [5.74, 6) is 0.730. The molecule has 0 radical (unpaired) electrons. The fourth-order valence-corrected chi connectivity index (χ4v) is 2.52. The zero-order valence-electron chi connectivity index (χ0n) is 14.0. The van der Waals surface area contributed by atoms with E-state index in [1.165, 1.54) is 0 Å². The van der Waals surface area contributed by atoms with Crippen LogP contribution in [-0.4, -0.2) is 23.2 Å². The van der Waals surface area contributed by atoms with Gasteiger partial charge in [0.1, 0.15) is 5.82 Å². The molecule has 5 heteroatoms. The first-order chi connectivity index (χ1) is 12.2. The van der Waals surface area contributed by atoms with Gasteiger partial charge in [-0.05, 0) is 35.2 Å². The molecular formula is C20H19N5. The van der Waals surface area contributed by atoms with Gasteiger partial charge in [-0.3, -0.25) is 9.98 Å². The molecule has 0 bridgehead atoms. The Labute approximate surface area is 146 Å². The minimum absolute atomic E-state index is 0.730. The van der Waals surface area contributed by atoms with Crippen molar-refractivity contribution in [3.8, 4) is 0 Å². The van der Waals surface area contributed by atoms with Crippen molar-refractivity contribution in [2.45, 2.75) is 0 Å². The standard InChI is InChI=1S/C20H19N5/c1-14(15-5-7-23-8-6-15)25-20-10-18-9-16(19(11-21)12-22-2)3-4-17(18)13-24-20/h3-13H,1,21H2,2H3,(H,24,25). The Bertz CT molecular complexity index is 958. The molecule has 124 valence electrons. The highest BCUT2D eigenvalue weighted by atomic mass is 15.0. The van der Waals surface area contributed by atoms with Crippen LogP contribution < -0.4 is 11.1 Å². The van der Waals surface area contributed by atoms with Crippen molar-refractivity contribution in [3.63, 3.8) is 0 Å². The molecule has 0 spiro atoms. The zero-order chi connectivity index (χ0) is 17.6. The van der Waals surface area contributed by atoms with Gasteiger partial charge in [-0.25, -0.2) is 4.98 Å². The molecule has 0 unspecified atom stereocenters. The second-order valence-electron chi connectivity index (χ2n) is 5.48. The SMILES string of the molecule is C=C(Nc1cc2cc(C(C=NC)=CN)ccc2cn1)c1ccncc1. The van der Waals surface area contributed by atoms with E-state index in [1.807, 2.05) is 36.5 Å². The van der Waals surface area contributed by atoms with Gasteiger partial charge in [0.05, 0.1) is 0 Å². The molecule has 2 aromatic heterocycles. The Morgan fingerprint density at radius 3 is 2.64 bits per heavy atom. The van der Waals surface area contributed by atoms with Crippen molar-refractivity contribution < 1.29 is 0 Å². The summed E-state index contributed by atoms with van der Waals surface area (Å²) in [5.41, 5.74) is 9.32. The van der Waals surface area contributed by atoms with Crippen LogP contribution in [0.25, 0.3) is 22.0 Å². The second kappa shape index (κ2) is 7.40. The van der Waals surface area contributed by atoms with Crippen LogP contribution in [0.2, 0.25) is 0 Å². The van der Waals surface area contributed by atoms with Crippen molar-refractivity contribution in [2.24, 2.45) is 10.7 Å². The van der Waals surface area contributed by atoms with Gasteiger partial charge in [-0.2, -0.15) is 0 Å². The zero-order valence-corrected chi connectivity index (χ0v) is 14.0. The fraction of sp³-hybridized carbons (Fsp3) is 0.0500. The van der Waals surface area contributed by atoms with Crippen LogP contribution in [0.15, 0.2) is 72.8 Å². The molecule has 0 amide bonds. The van der Waals surface area contributed by atoms with Gasteiger partial charge in [0.2, 0.25) is 0 Å². The number of nitrogens with one attached hydrogen (secondary N) is 1. The number of aromatic nitrogens is 2. The van der Waals surface area contributed by atoms with Crippen LogP contribution in [0.3, 0.4) is 0 Å². The van der Waals surface area contributed by atoms with Gasteiger partial charge in [0.25, 0.3) is 0 Å². The lowest BCUT2D eigenvalue weighted by molar-refractivity contribution is 1.30. The second-order valence-corrected chi connectivity index (χ2v) is 5.48. The van der Waals surface area contributed by atoms with Gasteiger partial charge < -0.3 is 11.1 Å². The molecule has 3 rings (SSSR count). The monoisotopic (exact) mass is 329 g/mol. The van der Waals surface area contributed by atoms with Crippen LogP contribution in [0.5, 0.6) is 0 Å². The number of allylic oxidation sites excluding steroid dienone is 1. The predicted molar refractivity (Wildman–Crippen MR) is 105 cm³/mol. The number of fused-ring (bicyclic) bond motifs is 1. The summed E-state index contributed by atoms with van der Waals surface area (Å²) >= 11 is 0. The third-order valence-electron chi connectivity index (χ3n) is 3.81.